The molecule has 20 heavy (non-hydrogen) atoms. The number of hydrogen-bond acceptors (Lipinski definition) is 1. The number of benzene rings is 2. The zero-order chi connectivity index (χ0) is 14.7. The van der Waals surface area contributed by atoms with E-state index >= 15 is 0 Å². The first-order chi connectivity index (χ1) is 9.49. The highest BCUT2D eigenvalue weighted by atomic mass is 79.9. The van der Waals surface area contributed by atoms with Crippen molar-refractivity contribution in [3.05, 3.63) is 69.2 Å². The van der Waals surface area contributed by atoms with Crippen molar-refractivity contribution in [2.75, 3.05) is 0 Å². The van der Waals surface area contributed by atoms with Crippen molar-refractivity contribution in [1.82, 2.24) is 0 Å². The van der Waals surface area contributed by atoms with Gasteiger partial charge in [0.15, 0.2) is 0 Å². The molecule has 2 aromatic carbocycles. The first kappa shape index (κ1) is 15.3. The summed E-state index contributed by atoms with van der Waals surface area (Å²) in [5.41, 5.74) is 11.3. The molecule has 0 amide bonds. The Morgan fingerprint density at radius 1 is 1.05 bits per heavy atom. The Hall–Kier alpha value is -1.12. The fourth-order valence-electron chi connectivity index (χ4n) is 2.42. The Morgan fingerprint density at radius 2 is 1.70 bits per heavy atom. The van der Waals surface area contributed by atoms with Crippen molar-refractivity contribution in [3.8, 4) is 0 Å². The quantitative estimate of drug-likeness (QED) is 0.837. The van der Waals surface area contributed by atoms with Crippen molar-refractivity contribution < 1.29 is 0 Å². The summed E-state index contributed by atoms with van der Waals surface area (Å²) >= 11 is 3.65. The van der Waals surface area contributed by atoms with Gasteiger partial charge in [-0.15, -0.1) is 0 Å². The smallest absolute Gasteiger partial charge is 0.0562 e. The predicted octanol–water partition coefficient (Wildman–Crippen LogP) is 5.00. The van der Waals surface area contributed by atoms with Crippen LogP contribution in [0, 0.1) is 12.8 Å². The molecule has 2 aromatic rings. The number of halogens is 1. The van der Waals surface area contributed by atoms with Gasteiger partial charge in [0.1, 0.15) is 0 Å². The first-order valence-electron chi connectivity index (χ1n) is 7.08. The van der Waals surface area contributed by atoms with Gasteiger partial charge < -0.3 is 5.73 Å². The van der Waals surface area contributed by atoms with Crippen LogP contribution in [0.4, 0.5) is 0 Å². The van der Waals surface area contributed by atoms with E-state index in [0.29, 0.717) is 5.92 Å². The average molecular weight is 332 g/mol. The second kappa shape index (κ2) is 6.55. The molecular formula is C18H22BrN. The Balaban J connectivity index is 2.25. The molecule has 106 valence electrons. The Kier molecular flexibility index (Phi) is 5.00. The molecule has 0 heterocycles. The summed E-state index contributed by atoms with van der Waals surface area (Å²) in [5, 5.41) is 0. The molecule has 2 N–H and O–H groups in total. The zero-order valence-corrected chi connectivity index (χ0v) is 13.9. The van der Waals surface area contributed by atoms with Gasteiger partial charge in [-0.25, -0.2) is 0 Å². The predicted molar refractivity (Wildman–Crippen MR) is 89.9 cm³/mol. The monoisotopic (exact) mass is 331 g/mol. The summed E-state index contributed by atoms with van der Waals surface area (Å²) in [4.78, 5) is 0. The number of aryl methyl sites for hydroxylation is 1. The van der Waals surface area contributed by atoms with Crippen LogP contribution in [0.3, 0.4) is 0 Å². The van der Waals surface area contributed by atoms with E-state index in [9.17, 15) is 0 Å². The molecule has 0 fully saturated rings. The zero-order valence-electron chi connectivity index (χ0n) is 12.4. The van der Waals surface area contributed by atoms with Gasteiger partial charge in [0.2, 0.25) is 0 Å². The lowest BCUT2D eigenvalue weighted by molar-refractivity contribution is 0.647. The molecule has 2 heteroatoms. The highest BCUT2D eigenvalue weighted by molar-refractivity contribution is 9.10. The van der Waals surface area contributed by atoms with Gasteiger partial charge in [-0.2, -0.15) is 0 Å². The Bertz CT molecular complexity index is 572. The normalized spacial score (nSPS) is 12.7. The Morgan fingerprint density at radius 3 is 2.30 bits per heavy atom. The number of hydrogen-bond donors (Lipinski definition) is 1. The largest absolute Gasteiger partial charge is 0.320 e. The van der Waals surface area contributed by atoms with Crippen LogP contribution in [0.15, 0.2) is 46.9 Å². The van der Waals surface area contributed by atoms with E-state index in [1.807, 2.05) is 0 Å². The SMILES string of the molecule is Cc1cccc(C(N)c2ccc(CC(C)C)cc2)c1Br. The van der Waals surface area contributed by atoms with E-state index in [1.54, 1.807) is 0 Å². The van der Waals surface area contributed by atoms with Gasteiger partial charge in [-0.05, 0) is 41.5 Å². The highest BCUT2D eigenvalue weighted by Crippen LogP contribution is 2.29. The van der Waals surface area contributed by atoms with Gasteiger partial charge in [0.05, 0.1) is 6.04 Å². The maximum absolute atomic E-state index is 6.41. The van der Waals surface area contributed by atoms with Crippen molar-refractivity contribution in [2.45, 2.75) is 33.2 Å². The topological polar surface area (TPSA) is 26.0 Å². The molecule has 2 rings (SSSR count). The maximum Gasteiger partial charge on any atom is 0.0562 e. The molecule has 0 aliphatic rings. The standard InChI is InChI=1S/C18H22BrN/c1-12(2)11-14-7-9-15(10-8-14)18(20)16-6-4-5-13(3)17(16)19/h4-10,12,18H,11,20H2,1-3H3. The van der Waals surface area contributed by atoms with Crippen LogP contribution in [0.2, 0.25) is 0 Å². The second-order valence-electron chi connectivity index (χ2n) is 5.80. The summed E-state index contributed by atoms with van der Waals surface area (Å²) < 4.78 is 1.11. The summed E-state index contributed by atoms with van der Waals surface area (Å²) in [6, 6.07) is 14.8. The molecule has 1 atom stereocenters. The maximum atomic E-state index is 6.41. The van der Waals surface area contributed by atoms with Gasteiger partial charge in [-0.3, -0.25) is 0 Å². The summed E-state index contributed by atoms with van der Waals surface area (Å²) in [6.07, 6.45) is 1.11. The average Bonchev–Trinajstić information content (AvgIpc) is 2.41. The van der Waals surface area contributed by atoms with E-state index in [0.717, 1.165) is 22.0 Å². The van der Waals surface area contributed by atoms with Crippen molar-refractivity contribution >= 4 is 15.9 Å². The number of rotatable bonds is 4. The van der Waals surface area contributed by atoms with Gasteiger partial charge >= 0.3 is 0 Å². The first-order valence-corrected chi connectivity index (χ1v) is 7.87. The summed E-state index contributed by atoms with van der Waals surface area (Å²) in [5.74, 6) is 0.681. The summed E-state index contributed by atoms with van der Waals surface area (Å²) in [7, 11) is 0. The third-order valence-corrected chi connectivity index (χ3v) is 4.62. The van der Waals surface area contributed by atoms with Crippen molar-refractivity contribution in [1.29, 1.82) is 0 Å². The molecule has 0 saturated carbocycles. The molecule has 0 spiro atoms. The second-order valence-corrected chi connectivity index (χ2v) is 6.59. The third-order valence-electron chi connectivity index (χ3n) is 3.54. The van der Waals surface area contributed by atoms with Crippen LogP contribution in [-0.4, -0.2) is 0 Å². The van der Waals surface area contributed by atoms with E-state index in [1.165, 1.54) is 11.1 Å². The van der Waals surface area contributed by atoms with E-state index < -0.39 is 0 Å². The van der Waals surface area contributed by atoms with Gasteiger partial charge in [-0.1, -0.05) is 72.2 Å². The lowest BCUT2D eigenvalue weighted by Crippen LogP contribution is -2.13. The van der Waals surface area contributed by atoms with Crippen molar-refractivity contribution in [3.63, 3.8) is 0 Å². The van der Waals surface area contributed by atoms with E-state index in [-0.39, 0.29) is 6.04 Å². The van der Waals surface area contributed by atoms with Gasteiger partial charge in [0, 0.05) is 4.47 Å². The third kappa shape index (κ3) is 3.50. The minimum absolute atomic E-state index is 0.0858. The van der Waals surface area contributed by atoms with Crippen molar-refractivity contribution in [2.24, 2.45) is 11.7 Å². The molecule has 0 aliphatic heterocycles. The van der Waals surface area contributed by atoms with Gasteiger partial charge in [0.25, 0.3) is 0 Å². The molecular weight excluding hydrogens is 310 g/mol. The summed E-state index contributed by atoms with van der Waals surface area (Å²) in [6.45, 7) is 6.57. The van der Waals surface area contributed by atoms with E-state index in [2.05, 4.69) is 79.2 Å². The Labute approximate surface area is 130 Å². The molecule has 0 bridgehead atoms. The molecule has 0 saturated heterocycles. The van der Waals surface area contributed by atoms with E-state index in [4.69, 9.17) is 5.73 Å². The van der Waals surface area contributed by atoms with Crippen LogP contribution in [0.1, 0.15) is 42.1 Å². The molecule has 1 unspecified atom stereocenters. The fraction of sp³-hybridized carbons (Fsp3) is 0.333. The van der Waals surface area contributed by atoms with Crippen LogP contribution in [0.5, 0.6) is 0 Å². The van der Waals surface area contributed by atoms with Crippen LogP contribution < -0.4 is 5.73 Å². The minimum atomic E-state index is -0.0858. The lowest BCUT2D eigenvalue weighted by Gasteiger charge is -2.16. The van der Waals surface area contributed by atoms with Crippen LogP contribution in [-0.2, 0) is 6.42 Å². The van der Waals surface area contributed by atoms with Crippen LogP contribution in [0.25, 0.3) is 0 Å². The number of nitrogens with two attached hydrogens (primary N) is 1. The highest BCUT2D eigenvalue weighted by Gasteiger charge is 2.13. The molecule has 0 aliphatic carbocycles. The molecule has 0 radical (unpaired) electrons. The van der Waals surface area contributed by atoms with Crippen LogP contribution >= 0.6 is 15.9 Å². The lowest BCUT2D eigenvalue weighted by atomic mass is 9.95. The molecule has 0 aromatic heterocycles. The minimum Gasteiger partial charge on any atom is -0.320 e. The fourth-order valence-corrected chi connectivity index (χ4v) is 2.93. The molecule has 1 nitrogen and oxygen atoms in total.